The molecule has 5 nitrogen and oxygen atoms in total. The first-order chi connectivity index (χ1) is 8.00. The van der Waals surface area contributed by atoms with Crippen molar-refractivity contribution in [2.75, 3.05) is 6.61 Å². The van der Waals surface area contributed by atoms with Gasteiger partial charge in [0.1, 0.15) is 11.4 Å². The Morgan fingerprint density at radius 2 is 2.18 bits per heavy atom. The highest BCUT2D eigenvalue weighted by atomic mass is 16.5. The molecular weight excluding hydrogens is 224 g/mol. The minimum Gasteiger partial charge on any atom is -0.485 e. The third-order valence-corrected chi connectivity index (χ3v) is 3.02. The van der Waals surface area contributed by atoms with Gasteiger partial charge in [-0.2, -0.15) is 0 Å². The topological polar surface area (TPSA) is 87.0 Å². The summed E-state index contributed by atoms with van der Waals surface area (Å²) in [7, 11) is 0. The Bertz CT molecular complexity index is 468. The molecule has 1 heterocycles. The fourth-order valence-corrected chi connectivity index (χ4v) is 2.11. The van der Waals surface area contributed by atoms with Crippen LogP contribution >= 0.6 is 0 Å². The SMILES string of the molecule is CC1(CO)Cc2c(ccc(C(=O)O)c2CO)O1. The number of hydrogen-bond acceptors (Lipinski definition) is 4. The fraction of sp³-hybridized carbons (Fsp3) is 0.417. The van der Waals surface area contributed by atoms with Crippen molar-refractivity contribution in [2.45, 2.75) is 25.6 Å². The predicted octanol–water partition coefficient (Wildman–Crippen LogP) is 0.563. The quantitative estimate of drug-likeness (QED) is 0.716. The summed E-state index contributed by atoms with van der Waals surface area (Å²) in [6.07, 6.45) is 0.399. The van der Waals surface area contributed by atoms with Gasteiger partial charge in [0.05, 0.1) is 18.8 Å². The van der Waals surface area contributed by atoms with Crippen molar-refractivity contribution in [3.63, 3.8) is 0 Å². The van der Waals surface area contributed by atoms with Crippen LogP contribution in [0, 0.1) is 0 Å². The first-order valence-electron chi connectivity index (χ1n) is 5.29. The molecule has 0 aromatic heterocycles. The molecule has 1 aromatic carbocycles. The van der Waals surface area contributed by atoms with E-state index in [0.29, 0.717) is 23.3 Å². The van der Waals surface area contributed by atoms with E-state index >= 15 is 0 Å². The van der Waals surface area contributed by atoms with Crippen molar-refractivity contribution < 1.29 is 24.9 Å². The maximum Gasteiger partial charge on any atom is 0.336 e. The summed E-state index contributed by atoms with van der Waals surface area (Å²) in [5.41, 5.74) is 0.386. The maximum atomic E-state index is 11.0. The van der Waals surface area contributed by atoms with Gasteiger partial charge in [0.15, 0.2) is 0 Å². The highest BCUT2D eigenvalue weighted by molar-refractivity contribution is 5.90. The Hall–Kier alpha value is -1.59. The van der Waals surface area contributed by atoms with Crippen molar-refractivity contribution in [1.82, 2.24) is 0 Å². The second-order valence-electron chi connectivity index (χ2n) is 4.42. The summed E-state index contributed by atoms with van der Waals surface area (Å²) in [5.74, 6) is -0.537. The lowest BCUT2D eigenvalue weighted by molar-refractivity contribution is 0.0446. The molecule has 1 unspecified atom stereocenters. The van der Waals surface area contributed by atoms with Gasteiger partial charge in [-0.3, -0.25) is 0 Å². The molecule has 0 amide bonds. The predicted molar refractivity (Wildman–Crippen MR) is 59.1 cm³/mol. The van der Waals surface area contributed by atoms with E-state index in [1.54, 1.807) is 13.0 Å². The second-order valence-corrected chi connectivity index (χ2v) is 4.42. The number of benzene rings is 1. The molecule has 1 atom stereocenters. The van der Waals surface area contributed by atoms with E-state index in [4.69, 9.17) is 9.84 Å². The van der Waals surface area contributed by atoms with Crippen LogP contribution in [0.4, 0.5) is 0 Å². The van der Waals surface area contributed by atoms with Gasteiger partial charge < -0.3 is 20.1 Å². The molecule has 5 heteroatoms. The summed E-state index contributed by atoms with van der Waals surface area (Å²) < 4.78 is 5.57. The van der Waals surface area contributed by atoms with Gasteiger partial charge in [0, 0.05) is 12.0 Å². The van der Waals surface area contributed by atoms with Crippen molar-refractivity contribution in [2.24, 2.45) is 0 Å². The summed E-state index contributed by atoms with van der Waals surface area (Å²) in [5, 5.41) is 27.5. The van der Waals surface area contributed by atoms with Crippen LogP contribution in [-0.2, 0) is 13.0 Å². The molecule has 92 valence electrons. The van der Waals surface area contributed by atoms with Gasteiger partial charge in [-0.1, -0.05) is 0 Å². The second kappa shape index (κ2) is 4.01. The lowest BCUT2D eigenvalue weighted by atomic mass is 9.94. The average molecular weight is 238 g/mol. The maximum absolute atomic E-state index is 11.0. The number of rotatable bonds is 3. The number of carboxylic acids is 1. The molecular formula is C12H14O5. The van der Waals surface area contributed by atoms with E-state index in [2.05, 4.69) is 0 Å². The number of ether oxygens (including phenoxy) is 1. The molecule has 0 bridgehead atoms. The van der Waals surface area contributed by atoms with Gasteiger partial charge >= 0.3 is 5.97 Å². The molecule has 0 saturated carbocycles. The van der Waals surface area contributed by atoms with Crippen LogP contribution in [0.2, 0.25) is 0 Å². The number of aliphatic hydroxyl groups is 2. The zero-order valence-corrected chi connectivity index (χ0v) is 9.43. The van der Waals surface area contributed by atoms with Crippen molar-refractivity contribution in [3.8, 4) is 5.75 Å². The van der Waals surface area contributed by atoms with E-state index < -0.39 is 11.6 Å². The molecule has 1 aliphatic heterocycles. The molecule has 1 aliphatic rings. The first-order valence-corrected chi connectivity index (χ1v) is 5.29. The third kappa shape index (κ3) is 1.87. The van der Waals surface area contributed by atoms with Crippen LogP contribution in [-0.4, -0.2) is 33.5 Å². The Morgan fingerprint density at radius 1 is 1.47 bits per heavy atom. The minimum absolute atomic E-state index is 0.0806. The Labute approximate surface area is 98.3 Å². The number of fused-ring (bicyclic) bond motifs is 1. The molecule has 0 radical (unpaired) electrons. The van der Waals surface area contributed by atoms with Crippen molar-refractivity contribution in [1.29, 1.82) is 0 Å². The van der Waals surface area contributed by atoms with E-state index in [0.717, 1.165) is 0 Å². The lowest BCUT2D eigenvalue weighted by Gasteiger charge is -2.20. The molecule has 0 saturated heterocycles. The number of hydrogen-bond donors (Lipinski definition) is 3. The van der Waals surface area contributed by atoms with Gasteiger partial charge in [-0.15, -0.1) is 0 Å². The minimum atomic E-state index is -1.07. The zero-order chi connectivity index (χ0) is 12.6. The Kier molecular flexibility index (Phi) is 2.81. The van der Waals surface area contributed by atoms with Gasteiger partial charge in [0.25, 0.3) is 0 Å². The summed E-state index contributed by atoms with van der Waals surface area (Å²) in [4.78, 5) is 11.0. The highest BCUT2D eigenvalue weighted by Gasteiger charge is 2.36. The van der Waals surface area contributed by atoms with Gasteiger partial charge in [-0.25, -0.2) is 4.79 Å². The zero-order valence-electron chi connectivity index (χ0n) is 9.43. The van der Waals surface area contributed by atoms with Crippen LogP contribution < -0.4 is 4.74 Å². The normalized spacial score (nSPS) is 22.1. The summed E-state index contributed by atoms with van der Waals surface area (Å²) in [6.45, 7) is 1.24. The van der Waals surface area contributed by atoms with Crippen LogP contribution in [0.3, 0.4) is 0 Å². The standard InChI is InChI=1S/C12H14O5/c1-12(6-14)4-8-9(5-13)7(11(15)16)2-3-10(8)17-12/h2-3,13-14H,4-6H2,1H3,(H,15,16). The van der Waals surface area contributed by atoms with Crippen molar-refractivity contribution >= 4 is 5.97 Å². The molecule has 1 aromatic rings. The van der Waals surface area contributed by atoms with E-state index in [-0.39, 0.29) is 18.8 Å². The lowest BCUT2D eigenvalue weighted by Crippen LogP contribution is -2.34. The molecule has 17 heavy (non-hydrogen) atoms. The van der Waals surface area contributed by atoms with Crippen molar-refractivity contribution in [3.05, 3.63) is 28.8 Å². The van der Waals surface area contributed by atoms with Crippen LogP contribution in [0.1, 0.15) is 28.4 Å². The third-order valence-electron chi connectivity index (χ3n) is 3.02. The van der Waals surface area contributed by atoms with E-state index in [1.165, 1.54) is 6.07 Å². The summed E-state index contributed by atoms with van der Waals surface area (Å²) >= 11 is 0. The molecule has 3 N–H and O–H groups in total. The highest BCUT2D eigenvalue weighted by Crippen LogP contribution is 2.38. The van der Waals surface area contributed by atoms with Gasteiger partial charge in [0.2, 0.25) is 0 Å². The molecule has 2 rings (SSSR count). The van der Waals surface area contributed by atoms with E-state index in [1.807, 2.05) is 0 Å². The molecule has 0 fully saturated rings. The smallest absolute Gasteiger partial charge is 0.336 e. The average Bonchev–Trinajstić information content (AvgIpc) is 2.64. The fourth-order valence-electron chi connectivity index (χ4n) is 2.11. The first kappa shape index (κ1) is 11.9. The van der Waals surface area contributed by atoms with Crippen LogP contribution in [0.25, 0.3) is 0 Å². The molecule has 0 aliphatic carbocycles. The Balaban J connectivity index is 2.52. The van der Waals surface area contributed by atoms with Crippen LogP contribution in [0.15, 0.2) is 12.1 Å². The number of carbonyl (C=O) groups is 1. The van der Waals surface area contributed by atoms with Crippen LogP contribution in [0.5, 0.6) is 5.75 Å². The molecule has 0 spiro atoms. The monoisotopic (exact) mass is 238 g/mol. The van der Waals surface area contributed by atoms with E-state index in [9.17, 15) is 15.0 Å². The largest absolute Gasteiger partial charge is 0.485 e. The number of carboxylic acid groups (broad SMARTS) is 1. The Morgan fingerprint density at radius 3 is 2.71 bits per heavy atom. The van der Waals surface area contributed by atoms with Gasteiger partial charge in [-0.05, 0) is 24.6 Å². The summed E-state index contributed by atoms with van der Waals surface area (Å²) in [6, 6.07) is 2.98. The number of aromatic carboxylic acids is 1. The number of aliphatic hydroxyl groups excluding tert-OH is 2.